The number of hydrogen-bond donors (Lipinski definition) is 2. The number of carbonyl (C=O) groups is 1. The average molecular weight is 346 g/mol. The van der Waals surface area contributed by atoms with Gasteiger partial charge in [0.15, 0.2) is 5.82 Å². The van der Waals surface area contributed by atoms with Crippen molar-refractivity contribution in [1.82, 2.24) is 20.8 Å². The third kappa shape index (κ3) is 6.90. The van der Waals surface area contributed by atoms with E-state index < -0.39 is 18.8 Å². The second kappa shape index (κ2) is 9.05. The van der Waals surface area contributed by atoms with Crippen molar-refractivity contribution in [2.75, 3.05) is 13.1 Å². The summed E-state index contributed by atoms with van der Waals surface area (Å²) in [5.74, 6) is 0.169. The summed E-state index contributed by atoms with van der Waals surface area (Å²) in [4.78, 5) is 16.0. The van der Waals surface area contributed by atoms with Gasteiger partial charge >= 0.3 is 0 Å². The summed E-state index contributed by atoms with van der Waals surface area (Å²) in [7, 11) is 0. The number of nitrogens with zero attached hydrogens (tertiary/aromatic N) is 2. The van der Waals surface area contributed by atoms with Gasteiger partial charge in [0.1, 0.15) is 0 Å². The van der Waals surface area contributed by atoms with Gasteiger partial charge in [-0.05, 0) is 19.9 Å². The van der Waals surface area contributed by atoms with Gasteiger partial charge in [-0.25, -0.2) is 8.78 Å². The van der Waals surface area contributed by atoms with E-state index in [4.69, 9.17) is 4.52 Å². The number of amides is 1. The summed E-state index contributed by atoms with van der Waals surface area (Å²) in [5.41, 5.74) is -0.166. The van der Waals surface area contributed by atoms with Gasteiger partial charge in [-0.1, -0.05) is 32.9 Å². The first-order valence-corrected chi connectivity index (χ1v) is 8.24. The lowest BCUT2D eigenvalue weighted by atomic mass is 9.96. The molecule has 0 saturated heterocycles. The number of rotatable bonds is 9. The van der Waals surface area contributed by atoms with E-state index in [9.17, 15) is 13.6 Å². The van der Waals surface area contributed by atoms with Crippen molar-refractivity contribution < 1.29 is 18.1 Å². The molecule has 0 spiro atoms. The summed E-state index contributed by atoms with van der Waals surface area (Å²) >= 11 is 0. The Morgan fingerprint density at radius 1 is 1.25 bits per heavy atom. The average Bonchev–Trinajstić information content (AvgIpc) is 2.95. The van der Waals surface area contributed by atoms with Crippen molar-refractivity contribution in [3.63, 3.8) is 0 Å². The fourth-order valence-electron chi connectivity index (χ4n) is 1.97. The largest absolute Gasteiger partial charge is 0.356 e. The highest BCUT2D eigenvalue weighted by molar-refractivity contribution is 5.78. The van der Waals surface area contributed by atoms with Crippen LogP contribution in [0.4, 0.5) is 8.78 Å². The lowest BCUT2D eigenvalue weighted by Gasteiger charge is -2.13. The van der Waals surface area contributed by atoms with Crippen LogP contribution in [0.5, 0.6) is 0 Å². The molecule has 8 heteroatoms. The Kier molecular flexibility index (Phi) is 7.72. The Morgan fingerprint density at radius 3 is 2.46 bits per heavy atom. The molecule has 2 atom stereocenters. The standard InChI is InChI=1S/C16H28F2N4O2/c1-10(9-12(17)18)13(23)20-8-6-7-19-11(2)14-21-15(22-24-14)16(3,4)5/h10-12,19H,6-9H2,1-5H3,(H,20,23)/t10-,11-/m0/s1. The molecule has 1 heterocycles. The molecule has 138 valence electrons. The molecule has 24 heavy (non-hydrogen) atoms. The van der Waals surface area contributed by atoms with Gasteiger partial charge in [-0.15, -0.1) is 0 Å². The normalized spacial score (nSPS) is 14.7. The molecule has 2 N–H and O–H groups in total. The van der Waals surface area contributed by atoms with Crippen LogP contribution in [0, 0.1) is 5.92 Å². The van der Waals surface area contributed by atoms with Gasteiger partial charge in [-0.2, -0.15) is 4.98 Å². The maximum Gasteiger partial charge on any atom is 0.243 e. The molecule has 1 amide bonds. The van der Waals surface area contributed by atoms with Crippen LogP contribution < -0.4 is 10.6 Å². The molecule has 1 aromatic rings. The van der Waals surface area contributed by atoms with Crippen molar-refractivity contribution in [3.8, 4) is 0 Å². The first-order valence-electron chi connectivity index (χ1n) is 8.24. The first kappa shape index (κ1) is 20.5. The molecule has 0 aromatic carbocycles. The molecule has 0 radical (unpaired) electrons. The van der Waals surface area contributed by atoms with Gasteiger partial charge in [-0.3, -0.25) is 4.79 Å². The predicted octanol–water partition coefficient (Wildman–Crippen LogP) is 2.82. The Bertz CT molecular complexity index is 514. The van der Waals surface area contributed by atoms with Gasteiger partial charge < -0.3 is 15.2 Å². The zero-order chi connectivity index (χ0) is 18.3. The van der Waals surface area contributed by atoms with E-state index in [1.54, 1.807) is 0 Å². The third-order valence-corrected chi connectivity index (χ3v) is 3.57. The number of halogens is 2. The van der Waals surface area contributed by atoms with E-state index in [0.717, 1.165) is 0 Å². The number of aromatic nitrogens is 2. The van der Waals surface area contributed by atoms with Gasteiger partial charge in [0, 0.05) is 24.3 Å². The van der Waals surface area contributed by atoms with Crippen molar-refractivity contribution >= 4 is 5.91 Å². The maximum atomic E-state index is 12.2. The van der Waals surface area contributed by atoms with E-state index in [-0.39, 0.29) is 17.4 Å². The molecular formula is C16H28F2N4O2. The molecule has 0 fully saturated rings. The minimum Gasteiger partial charge on any atom is -0.356 e. The van der Waals surface area contributed by atoms with Crippen LogP contribution in [-0.4, -0.2) is 35.6 Å². The van der Waals surface area contributed by atoms with Crippen molar-refractivity contribution in [2.24, 2.45) is 5.92 Å². The summed E-state index contributed by atoms with van der Waals surface area (Å²) in [5, 5.41) is 9.87. The van der Waals surface area contributed by atoms with Crippen LogP contribution in [0.25, 0.3) is 0 Å². The van der Waals surface area contributed by atoms with E-state index in [1.807, 2.05) is 27.7 Å². The highest BCUT2D eigenvalue weighted by Gasteiger charge is 2.23. The molecule has 0 saturated carbocycles. The Morgan fingerprint density at radius 2 is 1.92 bits per heavy atom. The van der Waals surface area contributed by atoms with Crippen LogP contribution in [0.1, 0.15) is 65.2 Å². The van der Waals surface area contributed by atoms with Crippen LogP contribution in [-0.2, 0) is 10.2 Å². The monoisotopic (exact) mass is 346 g/mol. The highest BCUT2D eigenvalue weighted by Crippen LogP contribution is 2.20. The Balaban J connectivity index is 2.25. The molecular weight excluding hydrogens is 318 g/mol. The minimum atomic E-state index is -2.46. The molecule has 0 bridgehead atoms. The van der Waals surface area contributed by atoms with E-state index in [1.165, 1.54) is 6.92 Å². The Hall–Kier alpha value is -1.57. The number of alkyl halides is 2. The predicted molar refractivity (Wildman–Crippen MR) is 86.8 cm³/mol. The second-order valence-electron chi connectivity index (χ2n) is 7.05. The zero-order valence-corrected chi connectivity index (χ0v) is 15.0. The van der Waals surface area contributed by atoms with Crippen LogP contribution >= 0.6 is 0 Å². The molecule has 1 aromatic heterocycles. The van der Waals surface area contributed by atoms with E-state index in [0.29, 0.717) is 31.2 Å². The van der Waals surface area contributed by atoms with Crippen molar-refractivity contribution in [3.05, 3.63) is 11.7 Å². The quantitative estimate of drug-likeness (QED) is 0.672. The smallest absolute Gasteiger partial charge is 0.243 e. The molecule has 0 unspecified atom stereocenters. The maximum absolute atomic E-state index is 12.2. The number of nitrogens with one attached hydrogen (secondary N) is 2. The number of carbonyl (C=O) groups excluding carboxylic acids is 1. The second-order valence-corrected chi connectivity index (χ2v) is 7.05. The minimum absolute atomic E-state index is 0.0953. The van der Waals surface area contributed by atoms with Crippen molar-refractivity contribution in [1.29, 1.82) is 0 Å². The molecule has 0 aliphatic rings. The van der Waals surface area contributed by atoms with E-state index >= 15 is 0 Å². The first-order chi connectivity index (χ1) is 11.1. The molecule has 0 aliphatic carbocycles. The van der Waals surface area contributed by atoms with Crippen LogP contribution in [0.15, 0.2) is 4.52 Å². The van der Waals surface area contributed by atoms with Gasteiger partial charge in [0.05, 0.1) is 6.04 Å². The SMILES string of the molecule is C[C@H](NCCCNC(=O)[C@@H](C)CC(F)F)c1nc(C(C)(C)C)no1. The number of hydrogen-bond acceptors (Lipinski definition) is 5. The summed E-state index contributed by atoms with van der Waals surface area (Å²) in [6, 6.07) is -0.0953. The summed E-state index contributed by atoms with van der Waals surface area (Å²) < 4.78 is 29.7. The fraction of sp³-hybridized carbons (Fsp3) is 0.812. The van der Waals surface area contributed by atoms with E-state index in [2.05, 4.69) is 20.8 Å². The Labute approximate surface area is 141 Å². The molecule has 6 nitrogen and oxygen atoms in total. The third-order valence-electron chi connectivity index (χ3n) is 3.57. The van der Waals surface area contributed by atoms with Crippen LogP contribution in [0.3, 0.4) is 0 Å². The summed E-state index contributed by atoms with van der Waals surface area (Å²) in [6.45, 7) is 10.5. The van der Waals surface area contributed by atoms with Gasteiger partial charge in [0.25, 0.3) is 0 Å². The zero-order valence-electron chi connectivity index (χ0n) is 15.0. The van der Waals surface area contributed by atoms with Crippen LogP contribution in [0.2, 0.25) is 0 Å². The lowest BCUT2D eigenvalue weighted by molar-refractivity contribution is -0.125. The lowest BCUT2D eigenvalue weighted by Crippen LogP contribution is -2.32. The highest BCUT2D eigenvalue weighted by atomic mass is 19.3. The van der Waals surface area contributed by atoms with Crippen molar-refractivity contribution in [2.45, 2.75) is 65.3 Å². The summed E-state index contributed by atoms with van der Waals surface area (Å²) in [6.07, 6.45) is -2.19. The molecule has 0 aliphatic heterocycles. The fourth-order valence-corrected chi connectivity index (χ4v) is 1.97. The van der Waals surface area contributed by atoms with Gasteiger partial charge in [0.2, 0.25) is 18.2 Å². The molecule has 1 rings (SSSR count). The topological polar surface area (TPSA) is 80.0 Å².